The topological polar surface area (TPSA) is 3.88 Å². The first-order valence-electron chi connectivity index (χ1n) is 11.3. The number of fused-ring (bicyclic) bond motifs is 6. The number of hydrogen-bond acceptors (Lipinski definition) is 0. The normalized spacial score (nSPS) is 13.1. The van der Waals surface area contributed by atoms with Crippen molar-refractivity contribution < 1.29 is 4.57 Å². The Labute approximate surface area is 185 Å². The van der Waals surface area contributed by atoms with Crippen LogP contribution in [0.15, 0.2) is 54.7 Å². The largest absolute Gasteiger partial charge is 0.216 e. The Kier molecular flexibility index (Phi) is 3.84. The summed E-state index contributed by atoms with van der Waals surface area (Å²) in [7, 11) is 2.19. The summed E-state index contributed by atoms with van der Waals surface area (Å²) in [6, 6.07) is 18.7. The molecule has 2 aliphatic rings. The van der Waals surface area contributed by atoms with Gasteiger partial charge in [0.05, 0.1) is 0 Å². The first-order valence-corrected chi connectivity index (χ1v) is 11.3. The Balaban J connectivity index is 1.57. The first kappa shape index (κ1) is 18.6. The van der Waals surface area contributed by atoms with E-state index < -0.39 is 0 Å². The van der Waals surface area contributed by atoms with Gasteiger partial charge in [-0.2, -0.15) is 0 Å². The van der Waals surface area contributed by atoms with Crippen molar-refractivity contribution in [2.75, 3.05) is 0 Å². The van der Waals surface area contributed by atoms with E-state index in [0.717, 1.165) is 12.8 Å². The smallest absolute Gasteiger partial charge is 0.201 e. The van der Waals surface area contributed by atoms with Crippen molar-refractivity contribution in [3.8, 4) is 33.5 Å². The second-order valence-corrected chi connectivity index (χ2v) is 9.54. The molecule has 3 aromatic carbocycles. The van der Waals surface area contributed by atoms with Crippen LogP contribution >= 0.6 is 0 Å². The molecule has 152 valence electrons. The summed E-state index contributed by atoms with van der Waals surface area (Å²) in [5.41, 5.74) is 19.9. The third kappa shape index (κ3) is 2.59. The van der Waals surface area contributed by atoms with Crippen LogP contribution in [0.2, 0.25) is 0 Å². The van der Waals surface area contributed by atoms with Gasteiger partial charge in [-0.3, -0.25) is 0 Å². The highest BCUT2D eigenvalue weighted by molar-refractivity contribution is 5.89. The molecule has 0 atom stereocenters. The molecule has 0 saturated carbocycles. The van der Waals surface area contributed by atoms with Gasteiger partial charge in [0.15, 0.2) is 6.20 Å². The van der Waals surface area contributed by atoms with E-state index in [0.29, 0.717) is 0 Å². The summed E-state index contributed by atoms with van der Waals surface area (Å²) < 4.78 is 2.32. The summed E-state index contributed by atoms with van der Waals surface area (Å²) in [4.78, 5) is 0. The minimum Gasteiger partial charge on any atom is -0.201 e. The van der Waals surface area contributed by atoms with Crippen LogP contribution in [-0.4, -0.2) is 0 Å². The first-order chi connectivity index (χ1) is 14.9. The van der Waals surface area contributed by atoms with E-state index in [1.807, 2.05) is 0 Å². The maximum Gasteiger partial charge on any atom is 0.216 e. The van der Waals surface area contributed by atoms with E-state index in [1.165, 1.54) is 78.0 Å². The zero-order chi connectivity index (χ0) is 21.4. The highest BCUT2D eigenvalue weighted by Gasteiger charge is 2.31. The fourth-order valence-corrected chi connectivity index (χ4v) is 5.83. The van der Waals surface area contributed by atoms with Crippen molar-refractivity contribution in [1.82, 2.24) is 0 Å². The molecule has 1 nitrogen and oxygen atoms in total. The van der Waals surface area contributed by atoms with Crippen molar-refractivity contribution in [2.24, 2.45) is 7.05 Å². The lowest BCUT2D eigenvalue weighted by molar-refractivity contribution is -0.660. The van der Waals surface area contributed by atoms with Gasteiger partial charge in [0.25, 0.3) is 0 Å². The predicted octanol–water partition coefficient (Wildman–Crippen LogP) is 6.55. The number of nitrogens with zero attached hydrogens (tertiary/aromatic N) is 1. The van der Waals surface area contributed by atoms with Gasteiger partial charge >= 0.3 is 0 Å². The molecule has 0 aliphatic heterocycles. The standard InChI is InChI=1S/C30H28N/c1-17-11-19(3)20(4)26(12-17)30-29-15-22-13-21-14-25-18(2)7-6-8-23(25)27(21)16-28(22)24(29)9-10-31(30)5/h6-13,16H,14-15H2,1-5H3/q+1. The summed E-state index contributed by atoms with van der Waals surface area (Å²) in [6.45, 7) is 8.94. The zero-order valence-corrected chi connectivity index (χ0v) is 19.1. The predicted molar refractivity (Wildman–Crippen MR) is 128 cm³/mol. The van der Waals surface area contributed by atoms with Crippen molar-refractivity contribution in [2.45, 2.75) is 40.5 Å². The number of pyridine rings is 1. The van der Waals surface area contributed by atoms with Gasteiger partial charge in [-0.05, 0) is 102 Å². The lowest BCUT2D eigenvalue weighted by Gasteiger charge is -2.12. The molecule has 0 fully saturated rings. The molecular weight excluding hydrogens is 374 g/mol. The number of rotatable bonds is 1. The fraction of sp³-hybridized carbons (Fsp3) is 0.233. The molecule has 1 heteroatoms. The molecule has 31 heavy (non-hydrogen) atoms. The fourth-order valence-electron chi connectivity index (χ4n) is 5.83. The van der Waals surface area contributed by atoms with Crippen molar-refractivity contribution in [3.63, 3.8) is 0 Å². The SMILES string of the molecule is Cc1cc(C)c(C)c(-c2c3c(cc[n+]2C)-c2cc4c(cc2C3)Cc2c(C)cccc2-4)c1. The third-order valence-electron chi connectivity index (χ3n) is 7.55. The second-order valence-electron chi connectivity index (χ2n) is 9.54. The van der Waals surface area contributed by atoms with Crippen LogP contribution in [0.3, 0.4) is 0 Å². The Morgan fingerprint density at radius 2 is 1.35 bits per heavy atom. The molecule has 0 amide bonds. The molecule has 0 radical (unpaired) electrons. The average molecular weight is 403 g/mol. The maximum atomic E-state index is 2.49. The molecular formula is C30H28N+. The van der Waals surface area contributed by atoms with Crippen LogP contribution in [0.5, 0.6) is 0 Å². The quantitative estimate of drug-likeness (QED) is 0.274. The van der Waals surface area contributed by atoms with Crippen LogP contribution < -0.4 is 4.57 Å². The number of aromatic nitrogens is 1. The van der Waals surface area contributed by atoms with Crippen LogP contribution in [0.1, 0.15) is 44.5 Å². The van der Waals surface area contributed by atoms with E-state index >= 15 is 0 Å². The van der Waals surface area contributed by atoms with E-state index in [9.17, 15) is 0 Å². The Morgan fingerprint density at radius 1 is 0.645 bits per heavy atom. The van der Waals surface area contributed by atoms with Crippen LogP contribution in [-0.2, 0) is 19.9 Å². The molecule has 0 spiro atoms. The number of aryl methyl sites for hydroxylation is 4. The van der Waals surface area contributed by atoms with Gasteiger partial charge < -0.3 is 0 Å². The van der Waals surface area contributed by atoms with E-state index in [2.05, 4.69) is 94.0 Å². The van der Waals surface area contributed by atoms with Gasteiger partial charge in [-0.15, -0.1) is 0 Å². The molecule has 0 bridgehead atoms. The number of hydrogen-bond donors (Lipinski definition) is 0. The highest BCUT2D eigenvalue weighted by Crippen LogP contribution is 2.47. The molecule has 1 heterocycles. The monoisotopic (exact) mass is 402 g/mol. The Hall–Kier alpha value is -3.19. The summed E-state index contributed by atoms with van der Waals surface area (Å²) in [5.74, 6) is 0. The van der Waals surface area contributed by atoms with Gasteiger partial charge in [0.1, 0.15) is 7.05 Å². The van der Waals surface area contributed by atoms with E-state index in [1.54, 1.807) is 0 Å². The number of benzene rings is 3. The minimum atomic E-state index is 1.02. The highest BCUT2D eigenvalue weighted by atomic mass is 14.9. The summed E-state index contributed by atoms with van der Waals surface area (Å²) in [5, 5.41) is 0. The Morgan fingerprint density at radius 3 is 2.13 bits per heavy atom. The third-order valence-corrected chi connectivity index (χ3v) is 7.55. The average Bonchev–Trinajstić information content (AvgIpc) is 3.27. The molecule has 4 aromatic rings. The molecule has 6 rings (SSSR count). The van der Waals surface area contributed by atoms with Gasteiger partial charge in [-0.25, -0.2) is 4.57 Å². The van der Waals surface area contributed by atoms with Crippen molar-refractivity contribution in [1.29, 1.82) is 0 Å². The zero-order valence-electron chi connectivity index (χ0n) is 19.1. The van der Waals surface area contributed by atoms with Crippen LogP contribution in [0.25, 0.3) is 33.5 Å². The maximum absolute atomic E-state index is 2.49. The van der Waals surface area contributed by atoms with E-state index in [-0.39, 0.29) is 0 Å². The molecule has 0 N–H and O–H groups in total. The van der Waals surface area contributed by atoms with Crippen LogP contribution in [0, 0.1) is 27.7 Å². The molecule has 2 aliphatic carbocycles. The van der Waals surface area contributed by atoms with Gasteiger partial charge in [0.2, 0.25) is 5.69 Å². The lowest BCUT2D eigenvalue weighted by atomic mass is 9.93. The summed E-state index contributed by atoms with van der Waals surface area (Å²) >= 11 is 0. The van der Waals surface area contributed by atoms with Gasteiger partial charge in [-0.1, -0.05) is 35.9 Å². The lowest BCUT2D eigenvalue weighted by Crippen LogP contribution is -2.32. The Bertz CT molecular complexity index is 1420. The molecule has 1 aromatic heterocycles. The molecule has 0 unspecified atom stereocenters. The van der Waals surface area contributed by atoms with Crippen LogP contribution in [0.4, 0.5) is 0 Å². The summed E-state index contributed by atoms with van der Waals surface area (Å²) in [6.07, 6.45) is 4.33. The minimum absolute atomic E-state index is 1.02. The molecule has 0 saturated heterocycles. The van der Waals surface area contributed by atoms with Crippen molar-refractivity contribution in [3.05, 3.63) is 99.2 Å². The second kappa shape index (κ2) is 6.40. The van der Waals surface area contributed by atoms with Gasteiger partial charge in [0, 0.05) is 23.6 Å². The van der Waals surface area contributed by atoms with E-state index in [4.69, 9.17) is 0 Å². The van der Waals surface area contributed by atoms with Crippen molar-refractivity contribution >= 4 is 0 Å².